The summed E-state index contributed by atoms with van der Waals surface area (Å²) in [6, 6.07) is 7.65. The fourth-order valence-electron chi connectivity index (χ4n) is 1.31. The Morgan fingerprint density at radius 1 is 1.50 bits per heavy atom. The molecule has 2 rings (SSSR count). The Morgan fingerprint density at radius 3 is 3.07 bits per heavy atom. The third-order valence-electron chi connectivity index (χ3n) is 2.04. The van der Waals surface area contributed by atoms with Crippen molar-refractivity contribution in [3.8, 4) is 0 Å². The van der Waals surface area contributed by atoms with Crippen molar-refractivity contribution in [2.75, 3.05) is 12.4 Å². The van der Waals surface area contributed by atoms with Crippen LogP contribution in [0.25, 0.3) is 0 Å². The average Bonchev–Trinajstić information content (AvgIpc) is 2.27. The van der Waals surface area contributed by atoms with E-state index >= 15 is 0 Å². The summed E-state index contributed by atoms with van der Waals surface area (Å²) in [7, 11) is 1.35. The molecule has 1 aromatic carbocycles. The van der Waals surface area contributed by atoms with Gasteiger partial charge in [0.1, 0.15) is 0 Å². The van der Waals surface area contributed by atoms with Gasteiger partial charge < -0.3 is 10.1 Å². The summed E-state index contributed by atoms with van der Waals surface area (Å²) in [5.74, 6) is -0.379. The van der Waals surface area contributed by atoms with Crippen molar-refractivity contribution in [2.45, 2.75) is 6.17 Å². The number of rotatable bonds is 1. The molecular formula is C10H10N2O2. The number of para-hydroxylation sites is 1. The van der Waals surface area contributed by atoms with Gasteiger partial charge in [0.25, 0.3) is 0 Å². The van der Waals surface area contributed by atoms with Crippen LogP contribution in [0.1, 0.15) is 5.56 Å². The lowest BCUT2D eigenvalue weighted by Crippen LogP contribution is -2.31. The van der Waals surface area contributed by atoms with Gasteiger partial charge in [0, 0.05) is 17.5 Å². The van der Waals surface area contributed by atoms with Crippen LogP contribution in [0.5, 0.6) is 0 Å². The van der Waals surface area contributed by atoms with Crippen molar-refractivity contribution < 1.29 is 9.53 Å². The number of nitrogens with one attached hydrogen (secondary N) is 1. The molecule has 1 N–H and O–H groups in total. The van der Waals surface area contributed by atoms with E-state index < -0.39 is 6.17 Å². The van der Waals surface area contributed by atoms with Crippen molar-refractivity contribution in [2.24, 2.45) is 4.99 Å². The fourth-order valence-corrected chi connectivity index (χ4v) is 1.31. The minimum Gasteiger partial charge on any atom is -0.466 e. The topological polar surface area (TPSA) is 50.7 Å². The normalized spacial score (nSPS) is 18.2. The zero-order chi connectivity index (χ0) is 9.97. The minimum absolute atomic E-state index is 0.379. The van der Waals surface area contributed by atoms with Gasteiger partial charge in [0.05, 0.1) is 7.11 Å². The van der Waals surface area contributed by atoms with Crippen LogP contribution < -0.4 is 5.32 Å². The van der Waals surface area contributed by atoms with Crippen LogP contribution in [0, 0.1) is 0 Å². The summed E-state index contributed by atoms with van der Waals surface area (Å²) in [5, 5.41) is 2.98. The molecule has 0 radical (unpaired) electrons. The van der Waals surface area contributed by atoms with Gasteiger partial charge in [0.15, 0.2) is 0 Å². The Morgan fingerprint density at radius 2 is 2.29 bits per heavy atom. The van der Waals surface area contributed by atoms with Crippen molar-refractivity contribution in [1.29, 1.82) is 0 Å². The number of methoxy groups -OCH3 is 1. The molecule has 1 unspecified atom stereocenters. The number of nitrogens with zero attached hydrogens (tertiary/aromatic N) is 1. The summed E-state index contributed by atoms with van der Waals surface area (Å²) in [6.07, 6.45) is 1.06. The maximum atomic E-state index is 11.2. The summed E-state index contributed by atoms with van der Waals surface area (Å²) in [5.41, 5.74) is 1.88. The number of hydrogen-bond acceptors (Lipinski definition) is 4. The van der Waals surface area contributed by atoms with Crippen molar-refractivity contribution >= 4 is 17.9 Å². The van der Waals surface area contributed by atoms with Crippen molar-refractivity contribution in [3.05, 3.63) is 29.8 Å². The Kier molecular flexibility index (Phi) is 2.18. The predicted octanol–water partition coefficient (Wildman–Crippen LogP) is 1.03. The molecule has 1 aromatic rings. The third kappa shape index (κ3) is 1.46. The lowest BCUT2D eigenvalue weighted by Gasteiger charge is -2.19. The standard InChI is InChI=1S/C10H10N2O2/c1-14-10(13)9-11-6-7-4-2-3-5-8(7)12-9/h2-6,9,12H,1H3. The second-order valence-electron chi connectivity index (χ2n) is 2.94. The van der Waals surface area contributed by atoms with Crippen molar-refractivity contribution in [3.63, 3.8) is 0 Å². The third-order valence-corrected chi connectivity index (χ3v) is 2.04. The van der Waals surface area contributed by atoms with Crippen LogP contribution in [0.2, 0.25) is 0 Å². The summed E-state index contributed by atoms with van der Waals surface area (Å²) >= 11 is 0. The number of fused-ring (bicyclic) bond motifs is 1. The number of ether oxygens (including phenoxy) is 1. The maximum Gasteiger partial charge on any atom is 0.351 e. The molecule has 0 saturated carbocycles. The first-order chi connectivity index (χ1) is 6.81. The summed E-state index contributed by atoms with van der Waals surface area (Å²) in [4.78, 5) is 15.2. The molecule has 4 nitrogen and oxygen atoms in total. The van der Waals surface area contributed by atoms with E-state index in [1.54, 1.807) is 6.21 Å². The number of benzene rings is 1. The number of carbonyl (C=O) groups excluding carboxylic acids is 1. The molecule has 0 amide bonds. The number of esters is 1. The van der Waals surface area contributed by atoms with Crippen LogP contribution in [-0.4, -0.2) is 25.5 Å². The first-order valence-corrected chi connectivity index (χ1v) is 4.28. The fraction of sp³-hybridized carbons (Fsp3) is 0.200. The molecule has 1 aliphatic rings. The highest BCUT2D eigenvalue weighted by Crippen LogP contribution is 2.18. The highest BCUT2D eigenvalue weighted by molar-refractivity contribution is 5.94. The maximum absolute atomic E-state index is 11.2. The molecule has 14 heavy (non-hydrogen) atoms. The van der Waals surface area contributed by atoms with Crippen LogP contribution >= 0.6 is 0 Å². The molecule has 0 bridgehead atoms. The van der Waals surface area contributed by atoms with Gasteiger partial charge >= 0.3 is 5.97 Å². The zero-order valence-corrected chi connectivity index (χ0v) is 7.73. The van der Waals surface area contributed by atoms with Gasteiger partial charge in [-0.15, -0.1) is 0 Å². The van der Waals surface area contributed by atoms with Crippen LogP contribution in [0.15, 0.2) is 29.3 Å². The molecule has 72 valence electrons. The van der Waals surface area contributed by atoms with E-state index in [1.165, 1.54) is 7.11 Å². The van der Waals surface area contributed by atoms with E-state index in [2.05, 4.69) is 15.0 Å². The van der Waals surface area contributed by atoms with E-state index in [9.17, 15) is 4.79 Å². The largest absolute Gasteiger partial charge is 0.466 e. The Balaban J connectivity index is 2.25. The Labute approximate surface area is 81.6 Å². The monoisotopic (exact) mass is 190 g/mol. The van der Waals surface area contributed by atoms with Gasteiger partial charge in [-0.05, 0) is 6.07 Å². The second kappa shape index (κ2) is 3.49. The highest BCUT2D eigenvalue weighted by atomic mass is 16.5. The lowest BCUT2D eigenvalue weighted by molar-refractivity contribution is -0.141. The molecule has 1 aliphatic heterocycles. The van der Waals surface area contributed by atoms with Crippen molar-refractivity contribution in [1.82, 2.24) is 0 Å². The smallest absolute Gasteiger partial charge is 0.351 e. The molecule has 1 atom stereocenters. The molecular weight excluding hydrogens is 180 g/mol. The molecule has 0 aliphatic carbocycles. The second-order valence-corrected chi connectivity index (χ2v) is 2.94. The number of hydrogen-bond donors (Lipinski definition) is 1. The number of carbonyl (C=O) groups is 1. The number of aliphatic imine (C=N–C) groups is 1. The van der Waals surface area contributed by atoms with E-state index in [-0.39, 0.29) is 5.97 Å². The number of anilines is 1. The van der Waals surface area contributed by atoms with Gasteiger partial charge in [-0.3, -0.25) is 4.99 Å². The van der Waals surface area contributed by atoms with E-state index in [4.69, 9.17) is 0 Å². The van der Waals surface area contributed by atoms with Gasteiger partial charge in [-0.25, -0.2) is 4.79 Å². The van der Waals surface area contributed by atoms with Crippen LogP contribution in [0.3, 0.4) is 0 Å². The molecule has 4 heteroatoms. The minimum atomic E-state index is -0.616. The van der Waals surface area contributed by atoms with Crippen LogP contribution in [0.4, 0.5) is 5.69 Å². The predicted molar refractivity (Wildman–Crippen MR) is 53.5 cm³/mol. The average molecular weight is 190 g/mol. The van der Waals surface area contributed by atoms with E-state index in [0.717, 1.165) is 11.3 Å². The SMILES string of the molecule is COC(=O)C1N=Cc2ccccc2N1. The molecule has 0 fully saturated rings. The summed E-state index contributed by atoms with van der Waals surface area (Å²) in [6.45, 7) is 0. The molecule has 0 saturated heterocycles. The molecule has 0 spiro atoms. The quantitative estimate of drug-likeness (QED) is 0.673. The van der Waals surface area contributed by atoms with E-state index in [0.29, 0.717) is 0 Å². The van der Waals surface area contributed by atoms with Gasteiger partial charge in [-0.2, -0.15) is 0 Å². The van der Waals surface area contributed by atoms with E-state index in [1.807, 2.05) is 24.3 Å². The molecule has 0 aromatic heterocycles. The first-order valence-electron chi connectivity index (χ1n) is 4.28. The van der Waals surface area contributed by atoms with Crippen LogP contribution in [-0.2, 0) is 9.53 Å². The highest BCUT2D eigenvalue weighted by Gasteiger charge is 2.20. The lowest BCUT2D eigenvalue weighted by atomic mass is 10.1. The van der Waals surface area contributed by atoms with Gasteiger partial charge in [-0.1, -0.05) is 18.2 Å². The molecule has 1 heterocycles. The first kappa shape index (κ1) is 8.74. The Hall–Kier alpha value is -1.84. The Bertz CT molecular complexity index is 387. The summed E-state index contributed by atoms with van der Waals surface area (Å²) < 4.78 is 4.59. The zero-order valence-electron chi connectivity index (χ0n) is 7.73. The van der Waals surface area contributed by atoms with Gasteiger partial charge in [0.2, 0.25) is 6.17 Å².